The van der Waals surface area contributed by atoms with E-state index in [0.29, 0.717) is 0 Å². The summed E-state index contributed by atoms with van der Waals surface area (Å²) in [7, 11) is 0. The molecule has 2 aromatic heterocycles. The minimum atomic E-state index is 0. The molecule has 0 aromatic carbocycles. The molecule has 66 valence electrons. The summed E-state index contributed by atoms with van der Waals surface area (Å²) in [5.41, 5.74) is 3.05. The molecule has 3 heteroatoms. The maximum Gasteiger partial charge on any atom is 0.181 e. The number of aryl methyl sites for hydroxylation is 2. The summed E-state index contributed by atoms with van der Waals surface area (Å²) in [6.45, 7) is 4.02. The Hall–Kier alpha value is -1.38. The van der Waals surface area contributed by atoms with Gasteiger partial charge in [-0.2, -0.15) is 5.10 Å². The smallest absolute Gasteiger partial charge is 0.181 e. The quantitative estimate of drug-likeness (QED) is 0.651. The van der Waals surface area contributed by atoms with Crippen molar-refractivity contribution in [1.82, 2.24) is 15.2 Å². The van der Waals surface area contributed by atoms with E-state index in [9.17, 15) is 0 Å². The number of nitrogens with one attached hydrogen (secondary N) is 1. The van der Waals surface area contributed by atoms with E-state index in [1.807, 2.05) is 20.0 Å². The lowest BCUT2D eigenvalue weighted by molar-refractivity contribution is 1.05. The van der Waals surface area contributed by atoms with Crippen molar-refractivity contribution >= 4 is 11.0 Å². The molecule has 0 aliphatic rings. The van der Waals surface area contributed by atoms with Crippen LogP contribution in [0.2, 0.25) is 0 Å². The molecule has 12 heavy (non-hydrogen) atoms. The second-order valence-corrected chi connectivity index (χ2v) is 2.73. The number of hydrogen-bond acceptors (Lipinski definition) is 2. The molecule has 0 fully saturated rings. The van der Waals surface area contributed by atoms with Gasteiger partial charge in [-0.05, 0) is 25.5 Å². The van der Waals surface area contributed by atoms with Crippen LogP contribution >= 0.6 is 0 Å². The number of fused-ring (bicyclic) bond motifs is 1. The third-order valence-electron chi connectivity index (χ3n) is 1.74. The molecular weight excluding hydrogens is 150 g/mol. The van der Waals surface area contributed by atoms with Crippen molar-refractivity contribution in [2.75, 3.05) is 0 Å². The zero-order chi connectivity index (χ0) is 7.84. The van der Waals surface area contributed by atoms with Gasteiger partial charge in [0.15, 0.2) is 5.65 Å². The van der Waals surface area contributed by atoms with Crippen molar-refractivity contribution in [3.8, 4) is 0 Å². The summed E-state index contributed by atoms with van der Waals surface area (Å²) in [6.07, 6.45) is 1.82. The van der Waals surface area contributed by atoms with Crippen LogP contribution < -0.4 is 0 Å². The molecule has 0 aliphatic carbocycles. The highest BCUT2D eigenvalue weighted by molar-refractivity contribution is 5.77. The van der Waals surface area contributed by atoms with E-state index < -0.39 is 0 Å². The van der Waals surface area contributed by atoms with Gasteiger partial charge in [0.25, 0.3) is 0 Å². The summed E-state index contributed by atoms with van der Waals surface area (Å²) in [6, 6.07) is 2.08. The molecule has 2 heterocycles. The molecule has 0 spiro atoms. The van der Waals surface area contributed by atoms with E-state index >= 15 is 0 Å². The van der Waals surface area contributed by atoms with Gasteiger partial charge in [0, 0.05) is 18.7 Å². The number of aromatic amines is 1. The van der Waals surface area contributed by atoms with Gasteiger partial charge in [-0.15, -0.1) is 0 Å². The lowest BCUT2D eigenvalue weighted by Gasteiger charge is -1.90. The lowest BCUT2D eigenvalue weighted by atomic mass is 10.2. The molecule has 0 saturated heterocycles. The first-order valence-electron chi connectivity index (χ1n) is 3.55. The molecule has 0 atom stereocenters. The van der Waals surface area contributed by atoms with Crippen molar-refractivity contribution in [2.24, 2.45) is 0 Å². The van der Waals surface area contributed by atoms with Crippen LogP contribution in [0.15, 0.2) is 12.3 Å². The van der Waals surface area contributed by atoms with E-state index in [1.54, 1.807) is 0 Å². The molecule has 2 aromatic rings. The van der Waals surface area contributed by atoms with Crippen LogP contribution in [0.25, 0.3) is 11.0 Å². The van der Waals surface area contributed by atoms with Crippen molar-refractivity contribution in [2.45, 2.75) is 21.3 Å². The normalized spacial score (nSPS) is 9.83. The van der Waals surface area contributed by atoms with Crippen molar-refractivity contribution in [1.29, 1.82) is 0 Å². The number of pyridine rings is 1. The standard InChI is InChI=1S/C8H9N3.CH4.H2/c1-5-3-7-6(2)10-11-8(7)9-4-5;;/h3-4H,1-2H3,(H,9,10,11);1H4;1H. The average molecular weight is 165 g/mol. The van der Waals surface area contributed by atoms with Crippen molar-refractivity contribution in [3.63, 3.8) is 0 Å². The predicted octanol–water partition coefficient (Wildman–Crippen LogP) is 2.46. The lowest BCUT2D eigenvalue weighted by Crippen LogP contribution is -1.78. The highest BCUT2D eigenvalue weighted by Gasteiger charge is 2.00. The molecule has 3 nitrogen and oxygen atoms in total. The first kappa shape index (κ1) is 8.71. The number of aromatic nitrogens is 3. The van der Waals surface area contributed by atoms with Gasteiger partial charge >= 0.3 is 0 Å². The van der Waals surface area contributed by atoms with Gasteiger partial charge < -0.3 is 0 Å². The SMILES string of the molecule is C.Cc1cnc2n[nH]c(C)c2c1.[HH]. The molecule has 0 aliphatic heterocycles. The number of rotatable bonds is 0. The number of H-pyrrole nitrogens is 1. The van der Waals surface area contributed by atoms with Gasteiger partial charge in [-0.1, -0.05) is 7.43 Å². The summed E-state index contributed by atoms with van der Waals surface area (Å²) in [5, 5.41) is 8.03. The molecule has 0 amide bonds. The Morgan fingerprint density at radius 2 is 2.17 bits per heavy atom. The summed E-state index contributed by atoms with van der Waals surface area (Å²) >= 11 is 0. The Balaban J connectivity index is 0.000000720. The molecule has 1 N–H and O–H groups in total. The predicted molar refractivity (Wildman–Crippen MR) is 52.2 cm³/mol. The molecule has 2 rings (SSSR count). The largest absolute Gasteiger partial charge is 0.280 e. The summed E-state index contributed by atoms with van der Waals surface area (Å²) < 4.78 is 0. The third-order valence-corrected chi connectivity index (χ3v) is 1.74. The first-order valence-corrected chi connectivity index (χ1v) is 3.55. The van der Waals surface area contributed by atoms with Gasteiger partial charge in [-0.25, -0.2) is 4.98 Å². The topological polar surface area (TPSA) is 41.6 Å². The third kappa shape index (κ3) is 1.18. The maximum atomic E-state index is 4.16. The fourth-order valence-corrected chi connectivity index (χ4v) is 1.12. The Kier molecular flexibility index (Phi) is 2.13. The highest BCUT2D eigenvalue weighted by atomic mass is 15.1. The molecule has 0 saturated carbocycles. The van der Waals surface area contributed by atoms with Crippen LogP contribution in [0.3, 0.4) is 0 Å². The average Bonchev–Trinajstić information content (AvgIpc) is 2.33. The first-order chi connectivity index (χ1) is 5.27. The molecule has 0 unspecified atom stereocenters. The van der Waals surface area contributed by atoms with E-state index in [-0.39, 0.29) is 8.85 Å². The van der Waals surface area contributed by atoms with E-state index in [4.69, 9.17) is 0 Å². The zero-order valence-corrected chi connectivity index (χ0v) is 6.55. The molecular formula is C9H15N3. The minimum Gasteiger partial charge on any atom is -0.280 e. The van der Waals surface area contributed by atoms with E-state index in [1.165, 1.54) is 5.56 Å². The minimum absolute atomic E-state index is 0. The van der Waals surface area contributed by atoms with Gasteiger partial charge in [0.2, 0.25) is 0 Å². The fourth-order valence-electron chi connectivity index (χ4n) is 1.12. The van der Waals surface area contributed by atoms with E-state index in [0.717, 1.165) is 16.7 Å². The second kappa shape index (κ2) is 2.93. The van der Waals surface area contributed by atoms with Crippen LogP contribution in [0.4, 0.5) is 0 Å². The fraction of sp³-hybridized carbons (Fsp3) is 0.333. The van der Waals surface area contributed by atoms with Crippen LogP contribution in [0.1, 0.15) is 20.1 Å². The van der Waals surface area contributed by atoms with Crippen molar-refractivity contribution in [3.05, 3.63) is 23.5 Å². The highest BCUT2D eigenvalue weighted by Crippen LogP contribution is 2.13. The Labute approximate surface area is 73.3 Å². The van der Waals surface area contributed by atoms with Crippen LogP contribution in [0, 0.1) is 13.8 Å². The van der Waals surface area contributed by atoms with Gasteiger partial charge in [-0.3, -0.25) is 5.10 Å². The number of nitrogens with zero attached hydrogens (tertiary/aromatic N) is 2. The maximum absolute atomic E-state index is 4.16. The molecule has 0 radical (unpaired) electrons. The summed E-state index contributed by atoms with van der Waals surface area (Å²) in [5.74, 6) is 0. The second-order valence-electron chi connectivity index (χ2n) is 2.73. The van der Waals surface area contributed by atoms with Crippen LogP contribution in [-0.4, -0.2) is 15.2 Å². The van der Waals surface area contributed by atoms with Gasteiger partial charge in [0.05, 0.1) is 0 Å². The Morgan fingerprint density at radius 1 is 1.42 bits per heavy atom. The van der Waals surface area contributed by atoms with Crippen molar-refractivity contribution < 1.29 is 1.43 Å². The Morgan fingerprint density at radius 3 is 2.92 bits per heavy atom. The summed E-state index contributed by atoms with van der Waals surface area (Å²) in [4.78, 5) is 4.16. The molecule has 0 bridgehead atoms. The number of hydrogen-bond donors (Lipinski definition) is 1. The van der Waals surface area contributed by atoms with E-state index in [2.05, 4.69) is 21.2 Å². The van der Waals surface area contributed by atoms with Crippen LogP contribution in [0.5, 0.6) is 0 Å². The van der Waals surface area contributed by atoms with Crippen LogP contribution in [-0.2, 0) is 0 Å². The Bertz CT molecular complexity index is 395. The van der Waals surface area contributed by atoms with Gasteiger partial charge in [0.1, 0.15) is 0 Å². The monoisotopic (exact) mass is 165 g/mol. The zero-order valence-electron chi connectivity index (χ0n) is 6.55.